The van der Waals surface area contributed by atoms with Crippen LogP contribution in [-0.2, 0) is 11.3 Å². The van der Waals surface area contributed by atoms with Gasteiger partial charge in [0.1, 0.15) is 11.6 Å². The summed E-state index contributed by atoms with van der Waals surface area (Å²) in [5.41, 5.74) is 5.73. The Morgan fingerprint density at radius 1 is 1.32 bits per heavy atom. The molecule has 25 heavy (non-hydrogen) atoms. The minimum Gasteiger partial charge on any atom is -0.384 e. The molecule has 6 heteroatoms. The third-order valence-corrected chi connectivity index (χ3v) is 5.74. The number of amides is 1. The van der Waals surface area contributed by atoms with Crippen LogP contribution in [-0.4, -0.2) is 51.9 Å². The maximum absolute atomic E-state index is 12.9. The van der Waals surface area contributed by atoms with Crippen LogP contribution < -0.4 is 5.73 Å². The Hall–Kier alpha value is -1.69. The second-order valence-electron chi connectivity index (χ2n) is 8.15. The molecule has 1 aliphatic carbocycles. The van der Waals surface area contributed by atoms with Gasteiger partial charge in [0.05, 0.1) is 6.54 Å². The first-order valence-corrected chi connectivity index (χ1v) is 9.48. The van der Waals surface area contributed by atoms with Gasteiger partial charge >= 0.3 is 0 Å². The third kappa shape index (κ3) is 4.48. The van der Waals surface area contributed by atoms with Crippen molar-refractivity contribution in [3.63, 3.8) is 0 Å². The molecule has 3 atom stereocenters. The van der Waals surface area contributed by atoms with E-state index in [0.717, 1.165) is 38.2 Å². The molecule has 3 unspecified atom stereocenters. The number of nitrogens with zero attached hydrogens (tertiary/aromatic N) is 4. The van der Waals surface area contributed by atoms with E-state index < -0.39 is 0 Å². The average Bonchev–Trinajstić information content (AvgIpc) is 3.03. The van der Waals surface area contributed by atoms with Crippen molar-refractivity contribution in [1.29, 1.82) is 0 Å². The van der Waals surface area contributed by atoms with Gasteiger partial charge in [-0.15, -0.1) is 0 Å². The highest BCUT2D eigenvalue weighted by Gasteiger charge is 2.35. The third-order valence-electron chi connectivity index (χ3n) is 5.74. The first kappa shape index (κ1) is 18.1. The number of rotatable bonds is 4. The van der Waals surface area contributed by atoms with Crippen molar-refractivity contribution < 1.29 is 4.79 Å². The van der Waals surface area contributed by atoms with Crippen LogP contribution in [0.3, 0.4) is 0 Å². The number of likely N-dealkylation sites (N-methyl/N-ethyl adjacent to an activating group) is 1. The molecule has 0 aromatic carbocycles. The van der Waals surface area contributed by atoms with Crippen LogP contribution in [0.2, 0.25) is 0 Å². The SMILES string of the molecule is CC1CC(C)CC(C(=O)N2CCC(N(C)Cc3nccc(N)n3)C2)C1. The Kier molecular flexibility index (Phi) is 5.57. The summed E-state index contributed by atoms with van der Waals surface area (Å²) in [5.74, 6) is 3.16. The van der Waals surface area contributed by atoms with Gasteiger partial charge in [-0.2, -0.15) is 0 Å². The van der Waals surface area contributed by atoms with E-state index in [1.807, 2.05) is 0 Å². The predicted molar refractivity (Wildman–Crippen MR) is 98.6 cm³/mol. The molecule has 0 radical (unpaired) electrons. The van der Waals surface area contributed by atoms with Gasteiger partial charge in [0.25, 0.3) is 0 Å². The number of carbonyl (C=O) groups excluding carboxylic acids is 1. The number of anilines is 1. The van der Waals surface area contributed by atoms with Crippen molar-refractivity contribution in [2.24, 2.45) is 17.8 Å². The molecule has 2 heterocycles. The molecular formula is C19H31N5O. The van der Waals surface area contributed by atoms with E-state index in [4.69, 9.17) is 5.73 Å². The lowest BCUT2D eigenvalue weighted by Crippen LogP contribution is -2.40. The number of nitrogen functional groups attached to an aromatic ring is 1. The Balaban J connectivity index is 1.54. The summed E-state index contributed by atoms with van der Waals surface area (Å²) in [7, 11) is 2.08. The van der Waals surface area contributed by atoms with E-state index in [2.05, 4.69) is 40.7 Å². The Morgan fingerprint density at radius 2 is 2.04 bits per heavy atom. The molecule has 2 N–H and O–H groups in total. The second-order valence-corrected chi connectivity index (χ2v) is 8.15. The van der Waals surface area contributed by atoms with Crippen LogP contribution in [0.4, 0.5) is 5.82 Å². The lowest BCUT2D eigenvalue weighted by Gasteiger charge is -2.33. The van der Waals surface area contributed by atoms with Crippen molar-refractivity contribution in [2.45, 2.75) is 52.1 Å². The molecule has 1 amide bonds. The van der Waals surface area contributed by atoms with Gasteiger partial charge in [-0.25, -0.2) is 9.97 Å². The maximum Gasteiger partial charge on any atom is 0.225 e. The van der Waals surface area contributed by atoms with Crippen LogP contribution in [0.1, 0.15) is 45.4 Å². The van der Waals surface area contributed by atoms with Gasteiger partial charge in [-0.3, -0.25) is 9.69 Å². The molecule has 1 aromatic rings. The molecule has 138 valence electrons. The predicted octanol–water partition coefficient (Wildman–Crippen LogP) is 2.16. The van der Waals surface area contributed by atoms with Gasteiger partial charge < -0.3 is 10.6 Å². The van der Waals surface area contributed by atoms with Crippen molar-refractivity contribution in [3.05, 3.63) is 18.1 Å². The van der Waals surface area contributed by atoms with E-state index in [9.17, 15) is 4.79 Å². The summed E-state index contributed by atoms with van der Waals surface area (Å²) >= 11 is 0. The highest BCUT2D eigenvalue weighted by atomic mass is 16.2. The van der Waals surface area contributed by atoms with Gasteiger partial charge in [-0.05, 0) is 50.6 Å². The lowest BCUT2D eigenvalue weighted by atomic mass is 9.76. The minimum absolute atomic E-state index is 0.222. The molecule has 1 saturated heterocycles. The maximum atomic E-state index is 12.9. The number of hydrogen-bond donors (Lipinski definition) is 1. The molecule has 0 bridgehead atoms. The molecular weight excluding hydrogens is 314 g/mol. The van der Waals surface area contributed by atoms with Gasteiger partial charge in [0.15, 0.2) is 0 Å². The fourth-order valence-electron chi connectivity index (χ4n) is 4.55. The standard InChI is InChI=1S/C19H31N5O/c1-13-8-14(2)10-15(9-13)19(25)24-7-5-16(11-24)23(3)12-18-21-6-4-17(20)22-18/h4,6,13-16H,5,7-12H2,1-3H3,(H2,20,21,22). The van der Waals surface area contributed by atoms with E-state index in [1.54, 1.807) is 12.3 Å². The van der Waals surface area contributed by atoms with Crippen LogP contribution in [0.25, 0.3) is 0 Å². The minimum atomic E-state index is 0.222. The number of likely N-dealkylation sites (tertiary alicyclic amines) is 1. The first-order chi connectivity index (χ1) is 11.9. The zero-order valence-corrected chi connectivity index (χ0v) is 15.7. The Morgan fingerprint density at radius 3 is 2.72 bits per heavy atom. The molecule has 1 aliphatic heterocycles. The van der Waals surface area contributed by atoms with Crippen molar-refractivity contribution in [1.82, 2.24) is 19.8 Å². The van der Waals surface area contributed by atoms with Crippen LogP contribution in [0.5, 0.6) is 0 Å². The van der Waals surface area contributed by atoms with Crippen molar-refractivity contribution in [2.75, 3.05) is 25.9 Å². The number of carbonyl (C=O) groups is 1. The summed E-state index contributed by atoms with van der Waals surface area (Å²) < 4.78 is 0. The van der Waals surface area contributed by atoms with Crippen molar-refractivity contribution >= 4 is 11.7 Å². The average molecular weight is 345 g/mol. The van der Waals surface area contributed by atoms with Crippen LogP contribution in [0.15, 0.2) is 12.3 Å². The molecule has 6 nitrogen and oxygen atoms in total. The fourth-order valence-corrected chi connectivity index (χ4v) is 4.55. The zero-order valence-electron chi connectivity index (χ0n) is 15.7. The molecule has 1 saturated carbocycles. The van der Waals surface area contributed by atoms with Crippen LogP contribution >= 0.6 is 0 Å². The van der Waals surface area contributed by atoms with E-state index in [1.165, 1.54) is 6.42 Å². The smallest absolute Gasteiger partial charge is 0.225 e. The summed E-state index contributed by atoms with van der Waals surface area (Å²) in [4.78, 5) is 25.8. The Labute approximate surface area is 150 Å². The van der Waals surface area contributed by atoms with E-state index in [-0.39, 0.29) is 5.92 Å². The largest absolute Gasteiger partial charge is 0.384 e. The normalized spacial score (nSPS) is 30.0. The second kappa shape index (κ2) is 7.68. The summed E-state index contributed by atoms with van der Waals surface area (Å²) in [5, 5.41) is 0. The lowest BCUT2D eigenvalue weighted by molar-refractivity contribution is -0.136. The monoisotopic (exact) mass is 345 g/mol. The molecule has 3 rings (SSSR count). The van der Waals surface area contributed by atoms with Crippen molar-refractivity contribution in [3.8, 4) is 0 Å². The number of hydrogen-bond acceptors (Lipinski definition) is 5. The molecule has 2 fully saturated rings. The molecule has 2 aliphatic rings. The highest BCUT2D eigenvalue weighted by molar-refractivity contribution is 5.79. The number of aromatic nitrogens is 2. The van der Waals surface area contributed by atoms with E-state index >= 15 is 0 Å². The fraction of sp³-hybridized carbons (Fsp3) is 0.737. The summed E-state index contributed by atoms with van der Waals surface area (Å²) in [6.07, 6.45) is 6.08. The zero-order chi connectivity index (χ0) is 18.0. The van der Waals surface area contributed by atoms with Gasteiger partial charge in [0, 0.05) is 31.2 Å². The van der Waals surface area contributed by atoms with Crippen LogP contribution in [0, 0.1) is 17.8 Å². The Bertz CT molecular complexity index is 597. The molecule has 1 aromatic heterocycles. The number of nitrogens with two attached hydrogens (primary N) is 1. The molecule has 0 spiro atoms. The van der Waals surface area contributed by atoms with Gasteiger partial charge in [-0.1, -0.05) is 13.8 Å². The highest BCUT2D eigenvalue weighted by Crippen LogP contribution is 2.34. The summed E-state index contributed by atoms with van der Waals surface area (Å²) in [6.45, 7) is 6.90. The topological polar surface area (TPSA) is 75.4 Å². The first-order valence-electron chi connectivity index (χ1n) is 9.48. The summed E-state index contributed by atoms with van der Waals surface area (Å²) in [6, 6.07) is 2.07. The van der Waals surface area contributed by atoms with Gasteiger partial charge in [0.2, 0.25) is 5.91 Å². The quantitative estimate of drug-likeness (QED) is 0.905. The van der Waals surface area contributed by atoms with E-state index in [0.29, 0.717) is 36.1 Å².